The third-order valence-electron chi connectivity index (χ3n) is 10.3. The van der Waals surface area contributed by atoms with Crippen molar-refractivity contribution in [3.05, 3.63) is 97.3 Å². The van der Waals surface area contributed by atoms with E-state index in [-0.39, 0.29) is 36.9 Å². The molecule has 10 heteroatoms. The molecule has 2 aromatic rings. The number of likely N-dealkylation sites (N-methyl/N-ethyl adjacent to an activating group) is 2. The summed E-state index contributed by atoms with van der Waals surface area (Å²) in [4.78, 5) is 37.1. The van der Waals surface area contributed by atoms with Crippen molar-refractivity contribution < 1.29 is 19.1 Å². The first kappa shape index (κ1) is 38.4. The zero-order chi connectivity index (χ0) is 37.7. The van der Waals surface area contributed by atoms with E-state index < -0.39 is 0 Å². The summed E-state index contributed by atoms with van der Waals surface area (Å²) in [5.41, 5.74) is 12.5. The SMILES string of the molecule is C=CC1=C(C)/C2=C/c3[nH]c(c(CCC(=O)OCCN(C)C)c3C)/C=C3\NC(/C=c4\[nH]/c(c(C)c4C=C)=C\C1N2)C(C)=C3CCC(=O)OCCN(C)C. The Kier molecular flexibility index (Phi) is 12.3. The molecule has 0 radical (unpaired) electrons. The summed E-state index contributed by atoms with van der Waals surface area (Å²) in [5, 5.41) is 9.50. The van der Waals surface area contributed by atoms with Crippen molar-refractivity contribution in [2.75, 3.05) is 54.5 Å². The Labute approximate surface area is 308 Å². The van der Waals surface area contributed by atoms with Crippen LogP contribution in [0.1, 0.15) is 66.8 Å². The molecule has 278 valence electrons. The van der Waals surface area contributed by atoms with Crippen molar-refractivity contribution in [1.29, 1.82) is 0 Å². The first-order valence-electron chi connectivity index (χ1n) is 18.2. The van der Waals surface area contributed by atoms with Gasteiger partial charge >= 0.3 is 11.9 Å². The van der Waals surface area contributed by atoms with Gasteiger partial charge in [-0.15, -0.1) is 0 Å². The maximum absolute atomic E-state index is 12.9. The lowest BCUT2D eigenvalue weighted by Gasteiger charge is -2.11. The van der Waals surface area contributed by atoms with Crippen LogP contribution in [0, 0.1) is 13.8 Å². The van der Waals surface area contributed by atoms with E-state index in [1.54, 1.807) is 0 Å². The Morgan fingerprint density at radius 3 is 1.96 bits per heavy atom. The maximum Gasteiger partial charge on any atom is 0.306 e. The van der Waals surface area contributed by atoms with Crippen LogP contribution in [0.2, 0.25) is 0 Å². The van der Waals surface area contributed by atoms with Gasteiger partial charge in [0.05, 0.1) is 12.1 Å². The maximum atomic E-state index is 12.9. The second-order valence-corrected chi connectivity index (χ2v) is 14.4. The number of allylic oxidation sites excluding steroid dienone is 2. The minimum atomic E-state index is -0.221. The standard InChI is InChI=1S/C42H56N6O4/c1-11-29-25(3)33-21-34-27(5)31(13-15-41(49)51-19-17-47(7)8)39(45-34)24-40-32(14-16-42(50)52-20-18-48(9)10)28(6)36(46-40)23-38-30(12-2)26(4)35(44-38)22-37(29)43-33/h11-12,21-24,36-37,43-46H,1-2,13-20H2,3-10H3/b33-21-,35-22-,38-23-,40-24-. The number of rotatable bonds is 14. The number of ether oxygens (including phenoxy) is 2. The normalized spacial score (nSPS) is 21.3. The molecule has 4 N–H and O–H groups in total. The fraction of sp³-hybridized carbons (Fsp3) is 0.429. The van der Waals surface area contributed by atoms with E-state index in [2.05, 4.69) is 85.8 Å². The topological polar surface area (TPSA) is 115 Å². The molecule has 10 nitrogen and oxygen atoms in total. The molecule has 0 aliphatic carbocycles. The highest BCUT2D eigenvalue weighted by Crippen LogP contribution is 2.34. The summed E-state index contributed by atoms with van der Waals surface area (Å²) in [6.45, 7) is 18.8. The minimum Gasteiger partial charge on any atom is -0.464 e. The smallest absolute Gasteiger partial charge is 0.306 e. The van der Waals surface area contributed by atoms with E-state index >= 15 is 0 Å². The van der Waals surface area contributed by atoms with Crippen molar-refractivity contribution in [3.8, 4) is 0 Å². The van der Waals surface area contributed by atoms with Crippen LogP contribution in [0.3, 0.4) is 0 Å². The molecule has 52 heavy (non-hydrogen) atoms. The predicted octanol–water partition coefficient (Wildman–Crippen LogP) is 4.24. The van der Waals surface area contributed by atoms with Gasteiger partial charge in [-0.05, 0) is 132 Å². The molecule has 0 amide bonds. The summed E-state index contributed by atoms with van der Waals surface area (Å²) in [5.74, 6) is -0.440. The number of aromatic amines is 2. The Morgan fingerprint density at radius 1 is 0.750 bits per heavy atom. The second kappa shape index (κ2) is 16.7. The molecule has 2 aromatic heterocycles. The quantitative estimate of drug-likeness (QED) is 0.216. The number of esters is 2. The van der Waals surface area contributed by atoms with E-state index in [0.29, 0.717) is 39.1 Å². The van der Waals surface area contributed by atoms with Gasteiger partial charge in [0, 0.05) is 65.0 Å². The molecule has 0 fully saturated rings. The molecule has 0 saturated carbocycles. The Hall–Kier alpha value is -4.80. The number of H-pyrrole nitrogens is 2. The lowest BCUT2D eigenvalue weighted by Crippen LogP contribution is -2.26. The van der Waals surface area contributed by atoms with Gasteiger partial charge in [-0.2, -0.15) is 0 Å². The zero-order valence-corrected chi connectivity index (χ0v) is 32.2. The van der Waals surface area contributed by atoms with Crippen molar-refractivity contribution in [2.45, 2.75) is 65.5 Å². The first-order valence-corrected chi connectivity index (χ1v) is 18.2. The number of nitrogens with one attached hydrogen (secondary N) is 4. The predicted molar refractivity (Wildman–Crippen MR) is 211 cm³/mol. The van der Waals surface area contributed by atoms with E-state index in [9.17, 15) is 9.59 Å². The molecule has 8 bridgehead atoms. The highest BCUT2D eigenvalue weighted by molar-refractivity contribution is 5.75. The van der Waals surface area contributed by atoms with E-state index in [1.165, 1.54) is 0 Å². The molecule has 5 heterocycles. The number of hydrogen-bond acceptors (Lipinski definition) is 8. The highest BCUT2D eigenvalue weighted by Gasteiger charge is 2.28. The summed E-state index contributed by atoms with van der Waals surface area (Å²) >= 11 is 0. The number of fused-ring (bicyclic) bond motifs is 8. The summed E-state index contributed by atoms with van der Waals surface area (Å²) in [6, 6.07) is -0.205. The van der Waals surface area contributed by atoms with Crippen molar-refractivity contribution >= 4 is 42.3 Å². The van der Waals surface area contributed by atoms with E-state index in [4.69, 9.17) is 9.47 Å². The molecule has 0 spiro atoms. The third-order valence-corrected chi connectivity index (χ3v) is 10.3. The second-order valence-electron chi connectivity index (χ2n) is 14.4. The van der Waals surface area contributed by atoms with Gasteiger partial charge in [-0.1, -0.05) is 25.3 Å². The molecule has 0 saturated heterocycles. The highest BCUT2D eigenvalue weighted by atomic mass is 16.5. The summed E-state index contributed by atoms with van der Waals surface area (Å²) < 4.78 is 11.1. The lowest BCUT2D eigenvalue weighted by molar-refractivity contribution is -0.144. The van der Waals surface area contributed by atoms with E-state index in [0.717, 1.165) is 78.0 Å². The number of aromatic nitrogens is 2. The van der Waals surface area contributed by atoms with Crippen LogP contribution >= 0.6 is 0 Å². The Balaban J connectivity index is 1.62. The van der Waals surface area contributed by atoms with Crippen LogP contribution in [0.15, 0.2) is 52.9 Å². The fourth-order valence-electron chi connectivity index (χ4n) is 7.08. The average Bonchev–Trinajstić information content (AvgIpc) is 3.75. The molecule has 2 unspecified atom stereocenters. The molecule has 5 rings (SSSR count). The Bertz CT molecular complexity index is 1980. The Morgan fingerprint density at radius 2 is 1.35 bits per heavy atom. The molecule has 2 atom stereocenters. The molecular formula is C42H56N6O4. The first-order chi connectivity index (χ1) is 24.8. The summed E-state index contributed by atoms with van der Waals surface area (Å²) in [7, 11) is 7.83. The van der Waals surface area contributed by atoms with E-state index in [1.807, 2.05) is 50.1 Å². The largest absolute Gasteiger partial charge is 0.464 e. The lowest BCUT2D eigenvalue weighted by atomic mass is 9.99. The van der Waals surface area contributed by atoms with Gasteiger partial charge in [0.15, 0.2) is 0 Å². The third kappa shape index (κ3) is 8.62. The van der Waals surface area contributed by atoms with Crippen LogP contribution in [-0.2, 0) is 25.5 Å². The van der Waals surface area contributed by atoms with Crippen LogP contribution < -0.4 is 21.3 Å². The number of carbonyl (C=O) groups excluding carboxylic acids is 2. The number of carbonyl (C=O) groups is 2. The fourth-order valence-corrected chi connectivity index (χ4v) is 7.08. The minimum absolute atomic E-state index is 0.0764. The van der Waals surface area contributed by atoms with Gasteiger partial charge in [-0.25, -0.2) is 0 Å². The summed E-state index contributed by atoms with van der Waals surface area (Å²) in [6.07, 6.45) is 14.1. The van der Waals surface area contributed by atoms with Crippen LogP contribution in [0.25, 0.3) is 30.4 Å². The van der Waals surface area contributed by atoms with Crippen molar-refractivity contribution in [3.63, 3.8) is 0 Å². The number of hydrogen-bond donors (Lipinski definition) is 4. The average molecular weight is 709 g/mol. The molecule has 3 aliphatic rings. The van der Waals surface area contributed by atoms with Crippen LogP contribution in [-0.4, -0.2) is 98.3 Å². The molecule has 3 aliphatic heterocycles. The molecule has 0 aromatic carbocycles. The van der Waals surface area contributed by atoms with Gasteiger partial charge < -0.3 is 39.9 Å². The van der Waals surface area contributed by atoms with Crippen LogP contribution in [0.4, 0.5) is 0 Å². The van der Waals surface area contributed by atoms with Crippen molar-refractivity contribution in [2.24, 2.45) is 0 Å². The van der Waals surface area contributed by atoms with Gasteiger partial charge in [0.1, 0.15) is 13.2 Å². The van der Waals surface area contributed by atoms with Gasteiger partial charge in [0.25, 0.3) is 0 Å². The van der Waals surface area contributed by atoms with Crippen LogP contribution in [0.5, 0.6) is 0 Å². The monoisotopic (exact) mass is 708 g/mol. The zero-order valence-electron chi connectivity index (χ0n) is 32.2. The number of nitrogens with zero attached hydrogens (tertiary/aromatic N) is 2. The molecular weight excluding hydrogens is 653 g/mol. The van der Waals surface area contributed by atoms with Gasteiger partial charge in [-0.3, -0.25) is 9.59 Å². The van der Waals surface area contributed by atoms with Gasteiger partial charge in [0.2, 0.25) is 0 Å². The van der Waals surface area contributed by atoms with Crippen molar-refractivity contribution in [1.82, 2.24) is 30.4 Å².